The molecule has 4 N–H and O–H groups in total. The van der Waals surface area contributed by atoms with Crippen molar-refractivity contribution in [2.75, 3.05) is 19.0 Å². The lowest BCUT2D eigenvalue weighted by atomic mass is 10.1. The molecule has 0 aliphatic heterocycles. The number of ether oxygens (including phenoxy) is 1. The van der Waals surface area contributed by atoms with Crippen molar-refractivity contribution in [3.05, 3.63) is 26.6 Å². The molecule has 0 fully saturated rings. The summed E-state index contributed by atoms with van der Waals surface area (Å²) in [5, 5.41) is 11.8. The van der Waals surface area contributed by atoms with Crippen LogP contribution < -0.4 is 11.1 Å². The van der Waals surface area contributed by atoms with Gasteiger partial charge in [0.05, 0.1) is 17.3 Å². The average Bonchev–Trinajstić information content (AvgIpc) is 2.41. The molecule has 8 heteroatoms. The zero-order valence-corrected chi connectivity index (χ0v) is 14.5. The zero-order chi connectivity index (χ0) is 16.0. The van der Waals surface area contributed by atoms with Crippen LogP contribution in [0.1, 0.15) is 23.2 Å². The predicted octanol–water partition coefficient (Wildman–Crippen LogP) is 2.60. The maximum atomic E-state index is 12.0. The Labute approximate surface area is 139 Å². The van der Waals surface area contributed by atoms with Gasteiger partial charge in [0.2, 0.25) is 5.91 Å². The Bertz CT molecular complexity index is 537. The van der Waals surface area contributed by atoms with Gasteiger partial charge in [-0.3, -0.25) is 4.79 Å². The third-order valence-electron chi connectivity index (χ3n) is 2.73. The Morgan fingerprint density at radius 2 is 2.10 bits per heavy atom. The van der Waals surface area contributed by atoms with Gasteiger partial charge in [0.15, 0.2) is 0 Å². The highest BCUT2D eigenvalue weighted by molar-refractivity contribution is 9.11. The van der Waals surface area contributed by atoms with Crippen molar-refractivity contribution in [2.24, 2.45) is 5.73 Å². The number of methoxy groups -OCH3 is 1. The molecular weight excluding hydrogens is 408 g/mol. The maximum Gasteiger partial charge on any atom is 0.337 e. The van der Waals surface area contributed by atoms with Crippen molar-refractivity contribution in [3.8, 4) is 0 Å². The number of hydrogen-bond donors (Lipinski definition) is 3. The molecule has 0 radical (unpaired) electrons. The average molecular weight is 424 g/mol. The quantitative estimate of drug-likeness (QED) is 0.585. The topological polar surface area (TPSA) is 102 Å². The molecule has 0 aliphatic carbocycles. The number of carboxylic acids is 1. The molecule has 1 atom stereocenters. The van der Waals surface area contributed by atoms with Gasteiger partial charge in [0.25, 0.3) is 0 Å². The van der Waals surface area contributed by atoms with E-state index in [1.54, 1.807) is 13.2 Å². The van der Waals surface area contributed by atoms with E-state index in [1.807, 2.05) is 0 Å². The highest BCUT2D eigenvalue weighted by Gasteiger charge is 2.20. The Morgan fingerprint density at radius 1 is 1.43 bits per heavy atom. The molecule has 0 saturated carbocycles. The SMILES string of the molecule is COCCCC(N)C(=O)Nc1c(Br)cc(Br)cc1C(=O)O. The van der Waals surface area contributed by atoms with Crippen LogP contribution in [0.2, 0.25) is 0 Å². The highest BCUT2D eigenvalue weighted by Crippen LogP contribution is 2.31. The zero-order valence-electron chi connectivity index (χ0n) is 11.4. The second-order valence-electron chi connectivity index (χ2n) is 4.35. The minimum absolute atomic E-state index is 0.0197. The molecule has 0 saturated heterocycles. The van der Waals surface area contributed by atoms with Crippen LogP contribution in [0.25, 0.3) is 0 Å². The summed E-state index contributed by atoms with van der Waals surface area (Å²) in [4.78, 5) is 23.3. The van der Waals surface area contributed by atoms with Gasteiger partial charge in [0.1, 0.15) is 0 Å². The van der Waals surface area contributed by atoms with E-state index in [2.05, 4.69) is 37.2 Å². The number of rotatable bonds is 7. The lowest BCUT2D eigenvalue weighted by molar-refractivity contribution is -0.117. The fourth-order valence-electron chi connectivity index (χ4n) is 1.66. The van der Waals surface area contributed by atoms with Crippen molar-refractivity contribution < 1.29 is 19.4 Å². The number of carboxylic acid groups (broad SMARTS) is 1. The molecule has 21 heavy (non-hydrogen) atoms. The molecule has 0 heterocycles. The molecule has 1 rings (SSSR count). The van der Waals surface area contributed by atoms with Gasteiger partial charge in [0, 0.05) is 22.7 Å². The van der Waals surface area contributed by atoms with Crippen LogP contribution in [-0.4, -0.2) is 36.7 Å². The van der Waals surface area contributed by atoms with Gasteiger partial charge in [-0.1, -0.05) is 15.9 Å². The fourth-order valence-corrected chi connectivity index (χ4v) is 2.99. The summed E-state index contributed by atoms with van der Waals surface area (Å²) in [7, 11) is 1.57. The van der Waals surface area contributed by atoms with Crippen LogP contribution >= 0.6 is 31.9 Å². The van der Waals surface area contributed by atoms with Crippen LogP contribution in [0.15, 0.2) is 21.1 Å². The van der Waals surface area contributed by atoms with Crippen LogP contribution in [0.3, 0.4) is 0 Å². The Balaban J connectivity index is 2.87. The van der Waals surface area contributed by atoms with Crippen LogP contribution in [0, 0.1) is 0 Å². The van der Waals surface area contributed by atoms with Crippen LogP contribution in [0.4, 0.5) is 5.69 Å². The number of nitrogens with two attached hydrogens (primary N) is 1. The summed E-state index contributed by atoms with van der Waals surface area (Å²) in [6, 6.07) is 2.34. The van der Waals surface area contributed by atoms with Gasteiger partial charge in [-0.2, -0.15) is 0 Å². The van der Waals surface area contributed by atoms with Gasteiger partial charge < -0.3 is 20.9 Å². The van der Waals surface area contributed by atoms with Crippen LogP contribution in [0.5, 0.6) is 0 Å². The number of halogens is 2. The molecule has 0 aromatic heterocycles. The van der Waals surface area contributed by atoms with E-state index in [0.29, 0.717) is 28.4 Å². The first-order chi connectivity index (χ1) is 9.86. The van der Waals surface area contributed by atoms with Gasteiger partial charge in [-0.15, -0.1) is 0 Å². The number of nitrogens with one attached hydrogen (secondary N) is 1. The lowest BCUT2D eigenvalue weighted by Gasteiger charge is -2.15. The largest absolute Gasteiger partial charge is 0.478 e. The van der Waals surface area contributed by atoms with Crippen molar-refractivity contribution in [1.29, 1.82) is 0 Å². The van der Waals surface area contributed by atoms with Crippen molar-refractivity contribution in [3.63, 3.8) is 0 Å². The molecule has 116 valence electrons. The number of amides is 1. The molecule has 1 amide bonds. The third kappa shape index (κ3) is 5.39. The van der Waals surface area contributed by atoms with Crippen LogP contribution in [-0.2, 0) is 9.53 Å². The van der Waals surface area contributed by atoms with Crippen molar-refractivity contribution in [1.82, 2.24) is 0 Å². The molecular formula is C13H16Br2N2O4. The number of benzene rings is 1. The first-order valence-electron chi connectivity index (χ1n) is 6.14. The van der Waals surface area contributed by atoms with E-state index in [1.165, 1.54) is 6.07 Å². The highest BCUT2D eigenvalue weighted by atomic mass is 79.9. The maximum absolute atomic E-state index is 12.0. The Hall–Kier alpha value is -0.960. The van der Waals surface area contributed by atoms with Gasteiger partial charge >= 0.3 is 5.97 Å². The first-order valence-corrected chi connectivity index (χ1v) is 7.73. The minimum atomic E-state index is -1.14. The van der Waals surface area contributed by atoms with E-state index in [4.69, 9.17) is 10.5 Å². The van der Waals surface area contributed by atoms with Gasteiger partial charge in [-0.05, 0) is 40.9 Å². The van der Waals surface area contributed by atoms with E-state index in [0.717, 1.165) is 0 Å². The lowest BCUT2D eigenvalue weighted by Crippen LogP contribution is -2.36. The molecule has 0 bridgehead atoms. The van der Waals surface area contributed by atoms with E-state index in [9.17, 15) is 14.7 Å². The van der Waals surface area contributed by atoms with Gasteiger partial charge in [-0.25, -0.2) is 4.79 Å². The summed E-state index contributed by atoms with van der Waals surface area (Å²) in [6.07, 6.45) is 1.11. The van der Waals surface area contributed by atoms with Crippen molar-refractivity contribution >= 4 is 49.4 Å². The fraction of sp³-hybridized carbons (Fsp3) is 0.385. The summed E-state index contributed by atoms with van der Waals surface area (Å²) < 4.78 is 5.95. The summed E-state index contributed by atoms with van der Waals surface area (Å²) >= 11 is 6.45. The Kier molecular flexibility index (Phi) is 7.30. The standard InChI is InChI=1S/C13H16Br2N2O4/c1-21-4-2-3-10(16)12(18)17-11-8(13(19)20)5-7(14)6-9(11)15/h5-6,10H,2-4,16H2,1H3,(H,17,18)(H,19,20). The number of hydrogen-bond acceptors (Lipinski definition) is 4. The molecule has 1 unspecified atom stereocenters. The third-order valence-corrected chi connectivity index (χ3v) is 3.82. The summed E-state index contributed by atoms with van der Waals surface area (Å²) in [5.41, 5.74) is 5.95. The second kappa shape index (κ2) is 8.47. The number of carbonyl (C=O) groups is 2. The smallest absolute Gasteiger partial charge is 0.337 e. The van der Waals surface area contributed by atoms with Crippen molar-refractivity contribution in [2.45, 2.75) is 18.9 Å². The number of anilines is 1. The molecule has 1 aromatic carbocycles. The normalized spacial score (nSPS) is 12.0. The first kappa shape index (κ1) is 18.1. The molecule has 0 aliphatic rings. The predicted molar refractivity (Wildman–Crippen MR) is 86.5 cm³/mol. The number of carbonyl (C=O) groups excluding carboxylic acids is 1. The number of aromatic carboxylic acids is 1. The monoisotopic (exact) mass is 422 g/mol. The molecule has 6 nitrogen and oxygen atoms in total. The second-order valence-corrected chi connectivity index (χ2v) is 6.12. The molecule has 0 spiro atoms. The van der Waals surface area contributed by atoms with E-state index < -0.39 is 17.9 Å². The summed E-state index contributed by atoms with van der Waals surface area (Å²) in [5.74, 6) is -1.57. The summed E-state index contributed by atoms with van der Waals surface area (Å²) in [6.45, 7) is 0.517. The molecule has 1 aromatic rings. The van der Waals surface area contributed by atoms with E-state index >= 15 is 0 Å². The Morgan fingerprint density at radius 3 is 2.67 bits per heavy atom. The minimum Gasteiger partial charge on any atom is -0.478 e. The van der Waals surface area contributed by atoms with E-state index in [-0.39, 0.29) is 11.3 Å².